The molecule has 0 fully saturated rings. The third-order valence-electron chi connectivity index (χ3n) is 7.06. The summed E-state index contributed by atoms with van der Waals surface area (Å²) in [6.07, 6.45) is 4.92. The van der Waals surface area contributed by atoms with E-state index < -0.39 is 29.9 Å². The van der Waals surface area contributed by atoms with E-state index in [0.717, 1.165) is 27.8 Å². The highest BCUT2D eigenvalue weighted by molar-refractivity contribution is 5.86. The van der Waals surface area contributed by atoms with Crippen molar-refractivity contribution in [2.75, 3.05) is 6.61 Å². The fourth-order valence-electron chi connectivity index (χ4n) is 4.95. The summed E-state index contributed by atoms with van der Waals surface area (Å²) in [6, 6.07) is 27.3. The number of hydrogen-bond acceptors (Lipinski definition) is 4. The summed E-state index contributed by atoms with van der Waals surface area (Å²) in [5, 5.41) is 31.9. The maximum Gasteiger partial charge on any atom is 0.309 e. The molecule has 1 amide bonds. The van der Waals surface area contributed by atoms with Crippen LogP contribution in [0.25, 0.3) is 22.3 Å². The number of aliphatic carboxylic acids is 1. The number of hydrogen-bond donors (Lipinski definition) is 3. The van der Waals surface area contributed by atoms with E-state index in [2.05, 4.69) is 11.4 Å². The number of benzene rings is 3. The van der Waals surface area contributed by atoms with Gasteiger partial charge in [-0.3, -0.25) is 9.59 Å². The number of amides is 1. The van der Waals surface area contributed by atoms with Crippen molar-refractivity contribution in [1.29, 1.82) is 5.26 Å². The molecule has 3 N–H and O–H groups in total. The Kier molecular flexibility index (Phi) is 9.50. The van der Waals surface area contributed by atoms with Crippen molar-refractivity contribution in [3.05, 3.63) is 108 Å². The fourth-order valence-corrected chi connectivity index (χ4v) is 4.95. The van der Waals surface area contributed by atoms with Gasteiger partial charge in [-0.2, -0.15) is 5.26 Å². The van der Waals surface area contributed by atoms with Crippen LogP contribution in [0.3, 0.4) is 0 Å². The van der Waals surface area contributed by atoms with E-state index in [1.54, 1.807) is 29.1 Å². The van der Waals surface area contributed by atoms with E-state index in [4.69, 9.17) is 5.26 Å². The SMILES string of the molecule is CCC[C@H](C(=O)O)C(C(=O)N[C@H](CO)Cc1ccccc1)n1ccc(-c2ccc(-c3ccc(C#N)cc3)cc2)c1. The molecule has 4 rings (SSSR count). The minimum Gasteiger partial charge on any atom is -0.481 e. The Balaban J connectivity index is 1.58. The zero-order valence-electron chi connectivity index (χ0n) is 22.4. The van der Waals surface area contributed by atoms with E-state index in [-0.39, 0.29) is 6.61 Å². The number of carboxylic acid groups (broad SMARTS) is 1. The second-order valence-electron chi connectivity index (χ2n) is 9.87. The molecule has 7 heteroatoms. The molecule has 1 aromatic heterocycles. The number of carboxylic acids is 1. The summed E-state index contributed by atoms with van der Waals surface area (Å²) in [7, 11) is 0. The van der Waals surface area contributed by atoms with Crippen LogP contribution in [0.15, 0.2) is 97.3 Å². The van der Waals surface area contributed by atoms with Gasteiger partial charge in [0.05, 0.1) is 30.2 Å². The van der Waals surface area contributed by atoms with Gasteiger partial charge in [-0.25, -0.2) is 0 Å². The van der Waals surface area contributed by atoms with Gasteiger partial charge in [0.2, 0.25) is 5.91 Å². The second kappa shape index (κ2) is 13.4. The normalized spacial score (nSPS) is 13.1. The lowest BCUT2D eigenvalue weighted by Crippen LogP contribution is -2.46. The maximum absolute atomic E-state index is 13.6. The molecule has 3 atom stereocenters. The van der Waals surface area contributed by atoms with Gasteiger partial charge in [0.1, 0.15) is 6.04 Å². The molecule has 3 aromatic carbocycles. The molecule has 0 aliphatic heterocycles. The Hall–Kier alpha value is -4.67. The summed E-state index contributed by atoms with van der Waals surface area (Å²) >= 11 is 0. The quantitative estimate of drug-likeness (QED) is 0.223. The number of nitrogens with zero attached hydrogens (tertiary/aromatic N) is 2. The van der Waals surface area contributed by atoms with Gasteiger partial charge >= 0.3 is 5.97 Å². The number of nitriles is 1. The molecule has 0 aliphatic rings. The lowest BCUT2D eigenvalue weighted by atomic mass is 9.93. The third kappa shape index (κ3) is 6.85. The monoisotopic (exact) mass is 535 g/mol. The van der Waals surface area contributed by atoms with Gasteiger partial charge in [0, 0.05) is 12.4 Å². The first-order chi connectivity index (χ1) is 19.4. The van der Waals surface area contributed by atoms with Crippen molar-refractivity contribution in [2.24, 2.45) is 5.92 Å². The topological polar surface area (TPSA) is 115 Å². The van der Waals surface area contributed by atoms with Crippen molar-refractivity contribution in [3.63, 3.8) is 0 Å². The van der Waals surface area contributed by atoms with E-state index in [9.17, 15) is 19.8 Å². The largest absolute Gasteiger partial charge is 0.481 e. The molecule has 0 aliphatic carbocycles. The van der Waals surface area contributed by atoms with E-state index in [1.807, 2.05) is 79.7 Å². The van der Waals surface area contributed by atoms with Gasteiger partial charge < -0.3 is 20.1 Å². The minimum atomic E-state index is -1.03. The standard InChI is InChI=1S/C33H33N3O4/c1-2-6-30(33(39)40)31(32(38)35-29(22-37)19-23-7-4-3-5-8-23)36-18-17-28(21-36)27-15-13-26(14-16-27)25-11-9-24(20-34)10-12-25/h3-5,7-18,21,29-31,37H,2,6,19,22H2,1H3,(H,35,38)(H,39,40)/t29-,30-,31?/m0/s1. The van der Waals surface area contributed by atoms with Crippen molar-refractivity contribution in [2.45, 2.75) is 38.3 Å². The van der Waals surface area contributed by atoms with Crippen LogP contribution in [0.4, 0.5) is 0 Å². The van der Waals surface area contributed by atoms with Crippen molar-refractivity contribution < 1.29 is 19.8 Å². The second-order valence-corrected chi connectivity index (χ2v) is 9.87. The highest BCUT2D eigenvalue weighted by Crippen LogP contribution is 2.30. The number of carbonyl (C=O) groups is 2. The predicted molar refractivity (Wildman–Crippen MR) is 154 cm³/mol. The van der Waals surface area contributed by atoms with E-state index >= 15 is 0 Å². The number of nitrogens with one attached hydrogen (secondary N) is 1. The van der Waals surface area contributed by atoms with Crippen LogP contribution in [0.2, 0.25) is 0 Å². The highest BCUT2D eigenvalue weighted by Gasteiger charge is 2.35. The molecule has 40 heavy (non-hydrogen) atoms. The molecule has 4 aromatic rings. The first-order valence-corrected chi connectivity index (χ1v) is 13.4. The Labute approximate surface area is 234 Å². The van der Waals surface area contributed by atoms with Crippen LogP contribution < -0.4 is 5.32 Å². The van der Waals surface area contributed by atoms with Crippen LogP contribution >= 0.6 is 0 Å². The van der Waals surface area contributed by atoms with Crippen LogP contribution in [-0.2, 0) is 16.0 Å². The zero-order chi connectivity index (χ0) is 28.5. The Morgan fingerprint density at radius 3 is 2.05 bits per heavy atom. The molecule has 0 saturated carbocycles. The molecule has 0 radical (unpaired) electrons. The summed E-state index contributed by atoms with van der Waals surface area (Å²) in [4.78, 5) is 25.9. The molecule has 1 unspecified atom stereocenters. The molecule has 1 heterocycles. The van der Waals surface area contributed by atoms with Crippen LogP contribution in [0.5, 0.6) is 0 Å². The Morgan fingerprint density at radius 2 is 1.50 bits per heavy atom. The Bertz CT molecular complexity index is 1450. The first-order valence-electron chi connectivity index (χ1n) is 13.4. The van der Waals surface area contributed by atoms with Crippen LogP contribution in [0, 0.1) is 17.2 Å². The molecular weight excluding hydrogens is 502 g/mol. The zero-order valence-corrected chi connectivity index (χ0v) is 22.4. The summed E-state index contributed by atoms with van der Waals surface area (Å²) in [5.74, 6) is -2.40. The van der Waals surface area contributed by atoms with Crippen molar-refractivity contribution >= 4 is 11.9 Å². The average Bonchev–Trinajstić information content (AvgIpc) is 3.47. The summed E-state index contributed by atoms with van der Waals surface area (Å²) < 4.78 is 1.67. The predicted octanol–water partition coefficient (Wildman–Crippen LogP) is 5.46. The molecular formula is C33H33N3O4. The van der Waals surface area contributed by atoms with Gasteiger partial charge in [-0.15, -0.1) is 0 Å². The van der Waals surface area contributed by atoms with Crippen molar-refractivity contribution in [3.8, 4) is 28.3 Å². The molecule has 204 valence electrons. The molecule has 7 nitrogen and oxygen atoms in total. The van der Waals surface area contributed by atoms with Crippen molar-refractivity contribution in [1.82, 2.24) is 9.88 Å². The summed E-state index contributed by atoms with van der Waals surface area (Å²) in [5.41, 5.74) is 5.36. The molecule has 0 bridgehead atoms. The van der Waals surface area contributed by atoms with Crippen LogP contribution in [-0.4, -0.2) is 39.3 Å². The highest BCUT2D eigenvalue weighted by atomic mass is 16.4. The average molecular weight is 536 g/mol. The van der Waals surface area contributed by atoms with Crippen LogP contribution in [0.1, 0.15) is 36.9 Å². The van der Waals surface area contributed by atoms with E-state index in [1.165, 1.54) is 0 Å². The maximum atomic E-state index is 13.6. The number of aliphatic hydroxyl groups is 1. The molecule has 0 saturated heterocycles. The van der Waals surface area contributed by atoms with Gasteiger partial charge in [-0.1, -0.05) is 80.1 Å². The minimum absolute atomic E-state index is 0.263. The lowest BCUT2D eigenvalue weighted by Gasteiger charge is -2.27. The lowest BCUT2D eigenvalue weighted by molar-refractivity contribution is -0.147. The Morgan fingerprint density at radius 1 is 0.900 bits per heavy atom. The molecule has 0 spiro atoms. The van der Waals surface area contributed by atoms with Gasteiger partial charge in [-0.05, 0) is 58.9 Å². The summed E-state index contributed by atoms with van der Waals surface area (Å²) in [6.45, 7) is 1.63. The fraction of sp³-hybridized carbons (Fsp3) is 0.242. The van der Waals surface area contributed by atoms with Gasteiger partial charge in [0.15, 0.2) is 0 Å². The van der Waals surface area contributed by atoms with Gasteiger partial charge in [0.25, 0.3) is 0 Å². The number of aromatic nitrogens is 1. The van der Waals surface area contributed by atoms with E-state index in [0.29, 0.717) is 24.8 Å². The number of aliphatic hydroxyl groups excluding tert-OH is 1. The smallest absolute Gasteiger partial charge is 0.309 e. The first kappa shape index (κ1) is 28.3. The number of rotatable bonds is 12. The third-order valence-corrected chi connectivity index (χ3v) is 7.06. The number of carbonyl (C=O) groups excluding carboxylic acids is 1.